The Kier molecular flexibility index (Phi) is 8.81. The zero-order valence-electron chi connectivity index (χ0n) is 13.8. The molecule has 0 radical (unpaired) electrons. The molecule has 126 valence electrons. The standard InChI is InChI=1S/C16H28N2O4/c1-4-6-16(20)22-13-15(19)12-18(9-10-21-3)11-14-7-5-8-17(14)2/h5,7-8,15,19H,4,6,9-13H2,1-3H3. The summed E-state index contributed by atoms with van der Waals surface area (Å²) in [5, 5.41) is 10.1. The predicted octanol–water partition coefficient (Wildman–Crippen LogP) is 1.18. The Morgan fingerprint density at radius 2 is 2.27 bits per heavy atom. The van der Waals surface area contributed by atoms with Crippen molar-refractivity contribution >= 4 is 5.97 Å². The van der Waals surface area contributed by atoms with Crippen molar-refractivity contribution in [2.24, 2.45) is 7.05 Å². The van der Waals surface area contributed by atoms with E-state index in [1.165, 1.54) is 0 Å². The fraction of sp³-hybridized carbons (Fsp3) is 0.688. The highest BCUT2D eigenvalue weighted by Crippen LogP contribution is 2.06. The summed E-state index contributed by atoms with van der Waals surface area (Å²) < 4.78 is 12.2. The van der Waals surface area contributed by atoms with Crippen molar-refractivity contribution in [2.45, 2.75) is 32.4 Å². The molecule has 6 nitrogen and oxygen atoms in total. The molecule has 0 saturated carbocycles. The van der Waals surface area contributed by atoms with Gasteiger partial charge in [-0.2, -0.15) is 0 Å². The lowest BCUT2D eigenvalue weighted by Gasteiger charge is -2.25. The number of nitrogens with zero attached hydrogens (tertiary/aromatic N) is 2. The monoisotopic (exact) mass is 312 g/mol. The molecule has 0 spiro atoms. The maximum absolute atomic E-state index is 11.3. The first-order valence-electron chi connectivity index (χ1n) is 7.72. The maximum atomic E-state index is 11.3. The van der Waals surface area contributed by atoms with E-state index in [2.05, 4.69) is 4.90 Å². The van der Waals surface area contributed by atoms with Crippen LogP contribution in [-0.4, -0.2) is 60.1 Å². The van der Waals surface area contributed by atoms with Gasteiger partial charge < -0.3 is 19.1 Å². The first-order valence-corrected chi connectivity index (χ1v) is 7.72. The maximum Gasteiger partial charge on any atom is 0.305 e. The van der Waals surface area contributed by atoms with Gasteiger partial charge in [0.25, 0.3) is 0 Å². The lowest BCUT2D eigenvalue weighted by Crippen LogP contribution is -2.37. The van der Waals surface area contributed by atoms with E-state index in [-0.39, 0.29) is 12.6 Å². The summed E-state index contributed by atoms with van der Waals surface area (Å²) in [5.74, 6) is -0.257. The van der Waals surface area contributed by atoms with E-state index >= 15 is 0 Å². The van der Waals surface area contributed by atoms with Gasteiger partial charge in [0.05, 0.1) is 6.61 Å². The fourth-order valence-corrected chi connectivity index (χ4v) is 2.16. The molecule has 1 unspecified atom stereocenters. The number of aliphatic hydroxyl groups is 1. The molecule has 0 aliphatic heterocycles. The van der Waals surface area contributed by atoms with Crippen molar-refractivity contribution in [3.63, 3.8) is 0 Å². The summed E-state index contributed by atoms with van der Waals surface area (Å²) in [4.78, 5) is 13.4. The molecule has 6 heteroatoms. The number of hydrogen-bond acceptors (Lipinski definition) is 5. The number of esters is 1. The third-order valence-electron chi connectivity index (χ3n) is 3.41. The Labute approximate surface area is 132 Å². The average molecular weight is 312 g/mol. The van der Waals surface area contributed by atoms with Gasteiger partial charge in [-0.05, 0) is 18.6 Å². The number of hydrogen-bond donors (Lipinski definition) is 1. The first kappa shape index (κ1) is 18.7. The Balaban J connectivity index is 2.46. The third kappa shape index (κ3) is 7.06. The van der Waals surface area contributed by atoms with E-state index in [9.17, 15) is 9.90 Å². The lowest BCUT2D eigenvalue weighted by atomic mass is 10.3. The van der Waals surface area contributed by atoms with Crippen molar-refractivity contribution in [1.82, 2.24) is 9.47 Å². The van der Waals surface area contributed by atoms with E-state index in [1.54, 1.807) is 7.11 Å². The zero-order chi connectivity index (χ0) is 16.4. The van der Waals surface area contributed by atoms with Crippen molar-refractivity contribution in [1.29, 1.82) is 0 Å². The van der Waals surface area contributed by atoms with Crippen molar-refractivity contribution in [3.05, 3.63) is 24.0 Å². The van der Waals surface area contributed by atoms with Crippen LogP contribution in [0.5, 0.6) is 0 Å². The highest BCUT2D eigenvalue weighted by molar-refractivity contribution is 5.69. The zero-order valence-corrected chi connectivity index (χ0v) is 13.8. The molecule has 0 aliphatic rings. The normalized spacial score (nSPS) is 12.6. The molecule has 1 N–H and O–H groups in total. The minimum Gasteiger partial charge on any atom is -0.463 e. The van der Waals surface area contributed by atoms with Gasteiger partial charge in [-0.25, -0.2) is 0 Å². The summed E-state index contributed by atoms with van der Waals surface area (Å²) in [6, 6.07) is 4.04. The number of methoxy groups -OCH3 is 1. The molecule has 0 aromatic carbocycles. The summed E-state index contributed by atoms with van der Waals surface area (Å²) in [7, 11) is 3.65. The van der Waals surface area contributed by atoms with E-state index in [4.69, 9.17) is 9.47 Å². The van der Waals surface area contributed by atoms with Crippen LogP contribution >= 0.6 is 0 Å². The number of ether oxygens (including phenoxy) is 2. The summed E-state index contributed by atoms with van der Waals surface area (Å²) in [5.41, 5.74) is 1.16. The second kappa shape index (κ2) is 10.4. The van der Waals surface area contributed by atoms with Crippen LogP contribution in [0, 0.1) is 0 Å². The van der Waals surface area contributed by atoms with Gasteiger partial charge in [-0.1, -0.05) is 6.92 Å². The van der Waals surface area contributed by atoms with Crippen LogP contribution in [0.1, 0.15) is 25.5 Å². The average Bonchev–Trinajstić information content (AvgIpc) is 2.88. The number of aromatic nitrogens is 1. The Hall–Kier alpha value is -1.37. The Bertz CT molecular complexity index is 434. The molecule has 1 heterocycles. The molecular formula is C16H28N2O4. The van der Waals surface area contributed by atoms with Crippen LogP contribution in [0.15, 0.2) is 18.3 Å². The Morgan fingerprint density at radius 1 is 1.50 bits per heavy atom. The number of carbonyl (C=O) groups is 1. The molecule has 1 aromatic heterocycles. The largest absolute Gasteiger partial charge is 0.463 e. The van der Waals surface area contributed by atoms with Gasteiger partial charge in [0, 0.05) is 52.1 Å². The van der Waals surface area contributed by atoms with Crippen LogP contribution in [0.3, 0.4) is 0 Å². The van der Waals surface area contributed by atoms with E-state index in [1.807, 2.05) is 36.9 Å². The smallest absolute Gasteiger partial charge is 0.305 e. The van der Waals surface area contributed by atoms with Crippen molar-refractivity contribution < 1.29 is 19.4 Å². The van der Waals surface area contributed by atoms with Crippen LogP contribution < -0.4 is 0 Å². The molecule has 0 fully saturated rings. The number of aliphatic hydroxyl groups excluding tert-OH is 1. The molecular weight excluding hydrogens is 284 g/mol. The molecule has 1 rings (SSSR count). The molecule has 0 bridgehead atoms. The molecule has 0 saturated heterocycles. The number of aryl methyl sites for hydroxylation is 1. The second-order valence-corrected chi connectivity index (χ2v) is 5.43. The summed E-state index contributed by atoms with van der Waals surface area (Å²) >= 11 is 0. The Morgan fingerprint density at radius 3 is 2.86 bits per heavy atom. The van der Waals surface area contributed by atoms with Gasteiger partial charge in [-0.15, -0.1) is 0 Å². The van der Waals surface area contributed by atoms with Crippen molar-refractivity contribution in [3.8, 4) is 0 Å². The number of carbonyl (C=O) groups excluding carboxylic acids is 1. The first-order chi connectivity index (χ1) is 10.6. The lowest BCUT2D eigenvalue weighted by molar-refractivity contribution is -0.147. The highest BCUT2D eigenvalue weighted by Gasteiger charge is 2.15. The molecule has 0 aliphatic carbocycles. The van der Waals surface area contributed by atoms with Crippen LogP contribution in [0.2, 0.25) is 0 Å². The topological polar surface area (TPSA) is 63.9 Å². The number of rotatable bonds is 11. The second-order valence-electron chi connectivity index (χ2n) is 5.43. The SMILES string of the molecule is CCCC(=O)OCC(O)CN(CCOC)Cc1cccn1C. The summed E-state index contributed by atoms with van der Waals surface area (Å²) in [6.07, 6.45) is 2.44. The van der Waals surface area contributed by atoms with Crippen LogP contribution in [0.25, 0.3) is 0 Å². The van der Waals surface area contributed by atoms with Gasteiger partial charge in [0.1, 0.15) is 12.7 Å². The minimum atomic E-state index is -0.696. The highest BCUT2D eigenvalue weighted by atomic mass is 16.5. The van der Waals surface area contributed by atoms with E-state index in [0.717, 1.165) is 12.1 Å². The quantitative estimate of drug-likeness (QED) is 0.622. The van der Waals surface area contributed by atoms with Crippen LogP contribution in [-0.2, 0) is 27.9 Å². The molecule has 1 aromatic rings. The molecule has 0 amide bonds. The molecule has 22 heavy (non-hydrogen) atoms. The van der Waals surface area contributed by atoms with E-state index in [0.29, 0.717) is 32.7 Å². The fourth-order valence-electron chi connectivity index (χ4n) is 2.16. The third-order valence-corrected chi connectivity index (χ3v) is 3.41. The van der Waals surface area contributed by atoms with Gasteiger partial charge in [0.15, 0.2) is 0 Å². The predicted molar refractivity (Wildman–Crippen MR) is 84.4 cm³/mol. The van der Waals surface area contributed by atoms with Crippen molar-refractivity contribution in [2.75, 3.05) is 33.4 Å². The van der Waals surface area contributed by atoms with Crippen LogP contribution in [0.4, 0.5) is 0 Å². The molecule has 1 atom stereocenters. The minimum absolute atomic E-state index is 0.0372. The van der Waals surface area contributed by atoms with Gasteiger partial charge in [0.2, 0.25) is 0 Å². The van der Waals surface area contributed by atoms with Gasteiger partial charge in [-0.3, -0.25) is 9.69 Å². The van der Waals surface area contributed by atoms with Gasteiger partial charge >= 0.3 is 5.97 Å². The summed E-state index contributed by atoms with van der Waals surface area (Å²) in [6.45, 7) is 4.41. The van der Waals surface area contributed by atoms with E-state index < -0.39 is 6.10 Å².